The lowest BCUT2D eigenvalue weighted by atomic mass is 9.95. The summed E-state index contributed by atoms with van der Waals surface area (Å²) in [5.41, 5.74) is 2.81. The van der Waals surface area contributed by atoms with E-state index in [4.69, 9.17) is 0 Å². The molecule has 24 heavy (non-hydrogen) atoms. The summed E-state index contributed by atoms with van der Waals surface area (Å²) in [6.07, 6.45) is 6.41. The van der Waals surface area contributed by atoms with E-state index in [2.05, 4.69) is 58.5 Å². The van der Waals surface area contributed by atoms with Crippen molar-refractivity contribution < 1.29 is 4.79 Å². The number of carbonyl (C=O) groups excluding carboxylic acids is 1. The number of nitrogens with one attached hydrogen (secondary N) is 1. The van der Waals surface area contributed by atoms with Gasteiger partial charge in [-0.3, -0.25) is 9.69 Å². The van der Waals surface area contributed by atoms with Gasteiger partial charge in [-0.05, 0) is 25.3 Å². The molecule has 0 unspecified atom stereocenters. The van der Waals surface area contributed by atoms with Crippen LogP contribution in [0.2, 0.25) is 0 Å². The maximum atomic E-state index is 11.1. The van der Waals surface area contributed by atoms with E-state index in [0.29, 0.717) is 11.2 Å². The predicted molar refractivity (Wildman–Crippen MR) is 99.9 cm³/mol. The molecule has 1 N–H and O–H groups in total. The Kier molecular flexibility index (Phi) is 5.43. The molecule has 0 aliphatic carbocycles. The Morgan fingerprint density at radius 1 is 1.42 bits per heavy atom. The zero-order valence-corrected chi connectivity index (χ0v) is 15.0. The first-order valence-corrected chi connectivity index (χ1v) is 9.12. The highest BCUT2D eigenvalue weighted by atomic mass is 32.1. The second-order valence-corrected chi connectivity index (χ2v) is 7.42. The number of amides is 1. The molecular weight excluding hydrogens is 318 g/mol. The summed E-state index contributed by atoms with van der Waals surface area (Å²) in [5.74, 6) is -0.0714. The van der Waals surface area contributed by atoms with E-state index in [9.17, 15) is 4.79 Å². The molecule has 3 rings (SSSR count). The zero-order chi connectivity index (χ0) is 16.9. The lowest BCUT2D eigenvalue weighted by Crippen LogP contribution is -2.37. The topological polar surface area (TPSA) is 45.2 Å². The summed E-state index contributed by atoms with van der Waals surface area (Å²) in [5, 5.41) is 3.44. The van der Waals surface area contributed by atoms with Crippen LogP contribution in [0.5, 0.6) is 0 Å². The Hall–Kier alpha value is -1.98. The summed E-state index contributed by atoms with van der Waals surface area (Å²) < 4.78 is 0. The molecule has 1 aromatic carbocycles. The number of hydrogen-bond acceptors (Lipinski definition) is 4. The first-order chi connectivity index (χ1) is 11.6. The second-order valence-electron chi connectivity index (χ2n) is 6.30. The van der Waals surface area contributed by atoms with Gasteiger partial charge in [-0.1, -0.05) is 42.0 Å². The number of likely N-dealkylation sites (tertiary alicyclic amines) is 1. The van der Waals surface area contributed by atoms with Crippen LogP contribution in [0.25, 0.3) is 6.08 Å². The molecule has 4 nitrogen and oxygen atoms in total. The van der Waals surface area contributed by atoms with Crippen molar-refractivity contribution in [2.75, 3.05) is 11.9 Å². The number of piperidine rings is 1. The van der Waals surface area contributed by atoms with Gasteiger partial charge in [0.15, 0.2) is 5.13 Å². The molecule has 1 aliphatic heterocycles. The molecule has 0 bridgehead atoms. The number of carbonyl (C=O) groups is 1. The van der Waals surface area contributed by atoms with Crippen LogP contribution < -0.4 is 5.32 Å². The molecule has 5 heteroatoms. The van der Waals surface area contributed by atoms with Crippen LogP contribution in [0.1, 0.15) is 37.1 Å². The quantitative estimate of drug-likeness (QED) is 0.908. The third-order valence-electron chi connectivity index (χ3n) is 4.27. The van der Waals surface area contributed by atoms with E-state index >= 15 is 0 Å². The normalized spacial score (nSPS) is 20.2. The highest BCUT2D eigenvalue weighted by molar-refractivity contribution is 7.15. The van der Waals surface area contributed by atoms with Gasteiger partial charge in [0.05, 0.1) is 0 Å². The largest absolute Gasteiger partial charge is 0.302 e. The Balaban J connectivity index is 1.59. The highest BCUT2D eigenvalue weighted by Crippen LogP contribution is 2.27. The lowest BCUT2D eigenvalue weighted by molar-refractivity contribution is -0.114. The molecule has 1 aliphatic rings. The van der Waals surface area contributed by atoms with Crippen LogP contribution in [-0.2, 0) is 11.3 Å². The van der Waals surface area contributed by atoms with Crippen molar-refractivity contribution in [2.45, 2.75) is 39.3 Å². The van der Waals surface area contributed by atoms with Crippen molar-refractivity contribution in [3.63, 3.8) is 0 Å². The number of anilines is 1. The van der Waals surface area contributed by atoms with Crippen LogP contribution in [-0.4, -0.2) is 28.4 Å². The first-order valence-electron chi connectivity index (χ1n) is 8.31. The molecule has 1 atom stereocenters. The predicted octanol–water partition coefficient (Wildman–Crippen LogP) is 4.17. The zero-order valence-electron chi connectivity index (χ0n) is 14.2. The molecule has 2 aromatic rings. The molecule has 126 valence electrons. The van der Waals surface area contributed by atoms with Crippen molar-refractivity contribution in [1.82, 2.24) is 9.88 Å². The third-order valence-corrected chi connectivity index (χ3v) is 5.16. The fourth-order valence-electron chi connectivity index (χ4n) is 3.06. The SMILES string of the molecule is CC(=O)Nc1ncc(CN2CC/C(=C\c3ccccc3)C[C@H]2C)s1. The van der Waals surface area contributed by atoms with Crippen LogP contribution >= 0.6 is 11.3 Å². The smallest absolute Gasteiger partial charge is 0.223 e. The Bertz CT molecular complexity index is 723. The van der Waals surface area contributed by atoms with Crippen molar-refractivity contribution in [2.24, 2.45) is 0 Å². The van der Waals surface area contributed by atoms with E-state index < -0.39 is 0 Å². The fraction of sp³-hybridized carbons (Fsp3) is 0.368. The van der Waals surface area contributed by atoms with Crippen molar-refractivity contribution in [3.8, 4) is 0 Å². The molecule has 2 heterocycles. The molecule has 0 saturated carbocycles. The monoisotopic (exact) mass is 341 g/mol. The van der Waals surface area contributed by atoms with Gasteiger partial charge in [-0.25, -0.2) is 4.98 Å². The summed E-state index contributed by atoms with van der Waals surface area (Å²) >= 11 is 1.56. The van der Waals surface area contributed by atoms with Gasteiger partial charge in [-0.15, -0.1) is 11.3 Å². The third kappa shape index (κ3) is 4.52. The minimum Gasteiger partial charge on any atom is -0.302 e. The van der Waals surface area contributed by atoms with E-state index in [0.717, 1.165) is 25.9 Å². The van der Waals surface area contributed by atoms with Gasteiger partial charge in [0.25, 0.3) is 0 Å². The highest BCUT2D eigenvalue weighted by Gasteiger charge is 2.22. The van der Waals surface area contributed by atoms with Crippen molar-refractivity contribution >= 4 is 28.5 Å². The molecule has 1 fully saturated rings. The molecule has 0 spiro atoms. The molecule has 1 amide bonds. The van der Waals surface area contributed by atoms with Crippen LogP contribution in [0.4, 0.5) is 5.13 Å². The average molecular weight is 341 g/mol. The average Bonchev–Trinajstić information content (AvgIpc) is 2.97. The Labute approximate surface area is 147 Å². The van der Waals surface area contributed by atoms with Crippen molar-refractivity contribution in [1.29, 1.82) is 0 Å². The van der Waals surface area contributed by atoms with Crippen LogP contribution in [0, 0.1) is 0 Å². The summed E-state index contributed by atoms with van der Waals surface area (Å²) in [6, 6.07) is 11.1. The van der Waals surface area contributed by atoms with Gasteiger partial charge in [0.2, 0.25) is 5.91 Å². The summed E-state index contributed by atoms with van der Waals surface area (Å²) in [7, 11) is 0. The first kappa shape index (κ1) is 16.9. The Morgan fingerprint density at radius 3 is 2.92 bits per heavy atom. The van der Waals surface area contributed by atoms with Gasteiger partial charge in [0, 0.05) is 37.1 Å². The number of hydrogen-bond donors (Lipinski definition) is 1. The number of thiazole rings is 1. The number of nitrogens with zero attached hydrogens (tertiary/aromatic N) is 2. The second kappa shape index (κ2) is 7.73. The maximum absolute atomic E-state index is 11.1. The molecule has 1 saturated heterocycles. The number of rotatable bonds is 4. The number of benzene rings is 1. The lowest BCUT2D eigenvalue weighted by Gasteiger charge is -2.34. The van der Waals surface area contributed by atoms with E-state index in [1.165, 1.54) is 22.9 Å². The summed E-state index contributed by atoms with van der Waals surface area (Å²) in [4.78, 5) is 19.0. The van der Waals surface area contributed by atoms with Gasteiger partial charge < -0.3 is 5.32 Å². The standard InChI is InChI=1S/C19H23N3OS/c1-14-10-17(11-16-6-4-3-5-7-16)8-9-22(14)13-18-12-20-19(24-18)21-15(2)23/h3-7,11-12,14H,8-10,13H2,1-2H3,(H,20,21,23)/b17-11+/t14-/m1/s1. The minimum atomic E-state index is -0.0714. The fourth-order valence-corrected chi connectivity index (χ4v) is 3.94. The minimum absolute atomic E-state index is 0.0714. The molecule has 0 radical (unpaired) electrons. The van der Waals surface area contributed by atoms with Crippen LogP contribution in [0.15, 0.2) is 42.1 Å². The molecular formula is C19H23N3OS. The van der Waals surface area contributed by atoms with Gasteiger partial charge in [0.1, 0.15) is 0 Å². The van der Waals surface area contributed by atoms with Crippen molar-refractivity contribution in [3.05, 3.63) is 52.5 Å². The van der Waals surface area contributed by atoms with Gasteiger partial charge >= 0.3 is 0 Å². The Morgan fingerprint density at radius 2 is 2.21 bits per heavy atom. The van der Waals surface area contributed by atoms with Gasteiger partial charge in [-0.2, -0.15) is 0 Å². The van der Waals surface area contributed by atoms with E-state index in [1.54, 1.807) is 11.3 Å². The number of aromatic nitrogens is 1. The maximum Gasteiger partial charge on any atom is 0.223 e. The van der Waals surface area contributed by atoms with E-state index in [1.807, 2.05) is 6.20 Å². The summed E-state index contributed by atoms with van der Waals surface area (Å²) in [6.45, 7) is 5.76. The van der Waals surface area contributed by atoms with Crippen LogP contribution in [0.3, 0.4) is 0 Å². The van der Waals surface area contributed by atoms with E-state index in [-0.39, 0.29) is 5.91 Å². The molecule has 1 aromatic heterocycles.